The van der Waals surface area contributed by atoms with Gasteiger partial charge in [-0.05, 0) is 26.3 Å². The molecule has 118 valence electrons. The molecule has 1 aromatic rings. The van der Waals surface area contributed by atoms with Crippen LogP contribution < -0.4 is 10.0 Å². The monoisotopic (exact) mass is 326 g/mol. The lowest BCUT2D eigenvalue weighted by atomic mass is 10.0. The molecule has 9 heteroatoms. The van der Waals surface area contributed by atoms with E-state index in [0.717, 1.165) is 0 Å². The van der Waals surface area contributed by atoms with E-state index in [1.807, 2.05) is 0 Å². The maximum Gasteiger partial charge on any atom is 0.246 e. The first kappa shape index (κ1) is 16.2. The fourth-order valence-electron chi connectivity index (χ4n) is 2.25. The van der Waals surface area contributed by atoms with Crippen LogP contribution in [0.1, 0.15) is 19.8 Å². The summed E-state index contributed by atoms with van der Waals surface area (Å²) < 4.78 is 79.6. The van der Waals surface area contributed by atoms with Gasteiger partial charge in [0.1, 0.15) is 0 Å². The fourth-order valence-corrected chi connectivity index (χ4v) is 3.76. The second-order valence-corrected chi connectivity index (χ2v) is 6.56. The fraction of sp³-hybridized carbons (Fsp3) is 0.500. The van der Waals surface area contributed by atoms with Crippen LogP contribution in [0.2, 0.25) is 0 Å². The second-order valence-electron chi connectivity index (χ2n) is 4.91. The zero-order chi connectivity index (χ0) is 15.8. The Labute approximate surface area is 119 Å². The molecule has 0 spiro atoms. The summed E-state index contributed by atoms with van der Waals surface area (Å²) in [6.07, 6.45) is 1.12. The molecule has 1 aromatic carbocycles. The highest BCUT2D eigenvalue weighted by molar-refractivity contribution is 7.89. The highest BCUT2D eigenvalue weighted by Crippen LogP contribution is 2.24. The molecule has 2 atom stereocenters. The van der Waals surface area contributed by atoms with Gasteiger partial charge in [-0.1, -0.05) is 0 Å². The van der Waals surface area contributed by atoms with Crippen molar-refractivity contribution in [2.24, 2.45) is 0 Å². The average molecular weight is 326 g/mol. The Balaban J connectivity index is 2.40. The molecule has 1 fully saturated rings. The standard InChI is InChI=1S/C12H14F4N2O2S/c1-6-9(3-2-4-17-6)18-21(19,20)12-10(15)7(13)5-8(14)11(12)16/h5-6,9,17-18H,2-4H2,1H3. The molecule has 0 amide bonds. The van der Waals surface area contributed by atoms with E-state index in [-0.39, 0.29) is 12.1 Å². The van der Waals surface area contributed by atoms with E-state index >= 15 is 0 Å². The van der Waals surface area contributed by atoms with E-state index in [4.69, 9.17) is 0 Å². The molecule has 2 N–H and O–H groups in total. The van der Waals surface area contributed by atoms with Crippen LogP contribution in [-0.2, 0) is 10.0 Å². The Morgan fingerprint density at radius 3 is 2.29 bits per heavy atom. The molecule has 0 radical (unpaired) electrons. The Morgan fingerprint density at radius 2 is 1.76 bits per heavy atom. The lowest BCUT2D eigenvalue weighted by Gasteiger charge is -2.30. The first-order valence-electron chi connectivity index (χ1n) is 6.32. The van der Waals surface area contributed by atoms with Crippen LogP contribution in [0.3, 0.4) is 0 Å². The molecule has 0 bridgehead atoms. The molecule has 21 heavy (non-hydrogen) atoms. The predicted octanol–water partition coefficient (Wildman–Crippen LogP) is 1.66. The predicted molar refractivity (Wildman–Crippen MR) is 67.1 cm³/mol. The third kappa shape index (κ3) is 3.19. The minimum Gasteiger partial charge on any atom is -0.313 e. The van der Waals surface area contributed by atoms with E-state index in [9.17, 15) is 26.0 Å². The number of piperidine rings is 1. The lowest BCUT2D eigenvalue weighted by Crippen LogP contribution is -2.52. The summed E-state index contributed by atoms with van der Waals surface area (Å²) in [7, 11) is -4.72. The molecule has 1 saturated heterocycles. The molecule has 0 saturated carbocycles. The van der Waals surface area contributed by atoms with Crippen LogP contribution >= 0.6 is 0 Å². The summed E-state index contributed by atoms with van der Waals surface area (Å²) in [5.74, 6) is -7.39. The smallest absolute Gasteiger partial charge is 0.246 e. The lowest BCUT2D eigenvalue weighted by molar-refractivity contribution is 0.346. The molecule has 2 rings (SSSR count). The zero-order valence-corrected chi connectivity index (χ0v) is 11.9. The minimum atomic E-state index is -4.72. The van der Waals surface area contributed by atoms with Gasteiger partial charge in [-0.3, -0.25) is 0 Å². The van der Waals surface area contributed by atoms with Gasteiger partial charge in [0.2, 0.25) is 10.0 Å². The summed E-state index contributed by atoms with van der Waals surface area (Å²) in [6, 6.07) is -0.916. The number of hydrogen-bond donors (Lipinski definition) is 2. The van der Waals surface area contributed by atoms with Gasteiger partial charge < -0.3 is 5.32 Å². The summed E-state index contributed by atoms with van der Waals surface area (Å²) in [6.45, 7) is 2.39. The van der Waals surface area contributed by atoms with Crippen LogP contribution in [0.4, 0.5) is 17.6 Å². The van der Waals surface area contributed by atoms with E-state index in [2.05, 4.69) is 10.0 Å². The molecular formula is C12H14F4N2O2S. The first-order valence-corrected chi connectivity index (χ1v) is 7.81. The van der Waals surface area contributed by atoms with E-state index < -0.39 is 44.2 Å². The van der Waals surface area contributed by atoms with Crippen LogP contribution in [0.25, 0.3) is 0 Å². The van der Waals surface area contributed by atoms with Crippen molar-refractivity contribution in [1.82, 2.24) is 10.0 Å². The number of hydrogen-bond acceptors (Lipinski definition) is 3. The number of sulfonamides is 1. The minimum absolute atomic E-state index is 0.0333. The number of benzene rings is 1. The molecule has 4 nitrogen and oxygen atoms in total. The van der Waals surface area contributed by atoms with Gasteiger partial charge in [-0.25, -0.2) is 30.7 Å². The normalized spacial score (nSPS) is 23.3. The van der Waals surface area contributed by atoms with Crippen molar-refractivity contribution in [2.45, 2.75) is 36.7 Å². The van der Waals surface area contributed by atoms with Crippen molar-refractivity contribution in [3.63, 3.8) is 0 Å². The first-order chi connectivity index (χ1) is 9.74. The maximum absolute atomic E-state index is 13.6. The Hall–Kier alpha value is -1.19. The molecule has 2 unspecified atom stereocenters. The molecule has 1 heterocycles. The third-order valence-corrected chi connectivity index (χ3v) is 4.92. The van der Waals surface area contributed by atoms with Gasteiger partial charge in [-0.15, -0.1) is 0 Å². The molecular weight excluding hydrogens is 312 g/mol. The number of halogens is 4. The average Bonchev–Trinajstić information content (AvgIpc) is 2.39. The third-order valence-electron chi connectivity index (χ3n) is 3.41. The highest BCUT2D eigenvalue weighted by atomic mass is 32.2. The van der Waals surface area contributed by atoms with E-state index in [1.165, 1.54) is 0 Å². The van der Waals surface area contributed by atoms with Gasteiger partial charge in [0, 0.05) is 18.2 Å². The van der Waals surface area contributed by atoms with Crippen molar-refractivity contribution in [3.8, 4) is 0 Å². The maximum atomic E-state index is 13.6. The van der Waals surface area contributed by atoms with Gasteiger partial charge in [-0.2, -0.15) is 0 Å². The number of nitrogens with one attached hydrogen (secondary N) is 2. The van der Waals surface area contributed by atoms with Crippen LogP contribution in [0.15, 0.2) is 11.0 Å². The van der Waals surface area contributed by atoms with Crippen molar-refractivity contribution in [2.75, 3.05) is 6.54 Å². The van der Waals surface area contributed by atoms with Crippen LogP contribution in [-0.4, -0.2) is 27.0 Å². The summed E-state index contributed by atoms with van der Waals surface area (Å²) in [4.78, 5) is -1.63. The van der Waals surface area contributed by atoms with Crippen LogP contribution in [0, 0.1) is 23.3 Å². The van der Waals surface area contributed by atoms with Crippen molar-refractivity contribution in [3.05, 3.63) is 29.3 Å². The van der Waals surface area contributed by atoms with Crippen LogP contribution in [0.5, 0.6) is 0 Å². The topological polar surface area (TPSA) is 58.2 Å². The zero-order valence-electron chi connectivity index (χ0n) is 11.1. The number of rotatable bonds is 3. The molecule has 1 aliphatic rings. The van der Waals surface area contributed by atoms with E-state index in [0.29, 0.717) is 19.4 Å². The largest absolute Gasteiger partial charge is 0.313 e. The van der Waals surface area contributed by atoms with E-state index in [1.54, 1.807) is 6.92 Å². The molecule has 1 aliphatic heterocycles. The Kier molecular flexibility index (Phi) is 4.54. The van der Waals surface area contributed by atoms with Gasteiger partial charge in [0.15, 0.2) is 28.2 Å². The SMILES string of the molecule is CC1NCCCC1NS(=O)(=O)c1c(F)c(F)cc(F)c1F. The quantitative estimate of drug-likeness (QED) is 0.656. The Bertz CT molecular complexity index is 625. The highest BCUT2D eigenvalue weighted by Gasteiger charge is 2.33. The summed E-state index contributed by atoms with van der Waals surface area (Å²) in [5, 5.41) is 3.00. The van der Waals surface area contributed by atoms with Crippen molar-refractivity contribution < 1.29 is 26.0 Å². The van der Waals surface area contributed by atoms with Gasteiger partial charge in [0.05, 0.1) is 0 Å². The molecule has 0 aromatic heterocycles. The summed E-state index contributed by atoms with van der Waals surface area (Å²) in [5.41, 5.74) is 0. The van der Waals surface area contributed by atoms with Gasteiger partial charge in [0.25, 0.3) is 0 Å². The summed E-state index contributed by atoms with van der Waals surface area (Å²) >= 11 is 0. The Morgan fingerprint density at radius 1 is 1.19 bits per heavy atom. The van der Waals surface area contributed by atoms with Crippen molar-refractivity contribution >= 4 is 10.0 Å². The van der Waals surface area contributed by atoms with Gasteiger partial charge >= 0.3 is 0 Å². The van der Waals surface area contributed by atoms with Crippen molar-refractivity contribution in [1.29, 1.82) is 0 Å². The molecule has 0 aliphatic carbocycles. The second kappa shape index (κ2) is 5.90.